The van der Waals surface area contributed by atoms with Gasteiger partial charge in [0, 0.05) is 16.7 Å². The second-order valence-corrected chi connectivity index (χ2v) is 5.97. The Bertz CT molecular complexity index is 1060. The Hall–Kier alpha value is -3.51. The molecule has 0 heterocycles. The largest absolute Gasteiger partial charge is 0.290 e. The first-order valence-corrected chi connectivity index (χ1v) is 7.95. The SMILES string of the molecule is N#CC1(c2cccccc2=O)c2ccccc2C(=O)c2ccccc21. The first-order chi connectivity index (χ1) is 12.2. The van der Waals surface area contributed by atoms with Gasteiger partial charge in [-0.15, -0.1) is 0 Å². The zero-order chi connectivity index (χ0) is 17.4. The van der Waals surface area contributed by atoms with Crippen LogP contribution in [-0.4, -0.2) is 5.78 Å². The van der Waals surface area contributed by atoms with Crippen LogP contribution in [0, 0.1) is 11.3 Å². The lowest BCUT2D eigenvalue weighted by molar-refractivity contribution is 0.103. The molecule has 0 bridgehead atoms. The van der Waals surface area contributed by atoms with Crippen LogP contribution in [-0.2, 0) is 5.41 Å². The molecule has 0 saturated carbocycles. The predicted octanol–water partition coefficient (Wildman–Crippen LogP) is 3.45. The van der Waals surface area contributed by atoms with Gasteiger partial charge in [-0.1, -0.05) is 72.8 Å². The zero-order valence-corrected chi connectivity index (χ0v) is 13.3. The molecule has 4 rings (SSSR count). The highest BCUT2D eigenvalue weighted by atomic mass is 16.1. The van der Waals surface area contributed by atoms with Gasteiger partial charge in [0.05, 0.1) is 6.07 Å². The molecule has 0 aliphatic heterocycles. The maximum Gasteiger partial charge on any atom is 0.193 e. The molecule has 0 amide bonds. The highest BCUT2D eigenvalue weighted by molar-refractivity contribution is 6.13. The molecule has 3 aromatic carbocycles. The number of benzene rings is 2. The number of ketones is 1. The van der Waals surface area contributed by atoms with Crippen molar-refractivity contribution in [2.45, 2.75) is 5.41 Å². The van der Waals surface area contributed by atoms with Crippen LogP contribution in [0.4, 0.5) is 0 Å². The lowest BCUT2D eigenvalue weighted by atomic mass is 9.63. The number of nitriles is 1. The summed E-state index contributed by atoms with van der Waals surface area (Å²) < 4.78 is 0. The van der Waals surface area contributed by atoms with Crippen molar-refractivity contribution in [1.82, 2.24) is 0 Å². The average Bonchev–Trinajstić information content (AvgIpc) is 2.88. The third-order valence-corrected chi connectivity index (χ3v) is 4.72. The number of carbonyl (C=O) groups excluding carboxylic acids is 1. The lowest BCUT2D eigenvalue weighted by Gasteiger charge is -2.34. The number of rotatable bonds is 1. The summed E-state index contributed by atoms with van der Waals surface area (Å²) in [5, 5.41) is 10.3. The summed E-state index contributed by atoms with van der Waals surface area (Å²) in [6.45, 7) is 0. The van der Waals surface area contributed by atoms with Gasteiger partial charge in [0.2, 0.25) is 0 Å². The molecule has 0 aromatic heterocycles. The molecule has 3 heteroatoms. The van der Waals surface area contributed by atoms with E-state index >= 15 is 0 Å². The summed E-state index contributed by atoms with van der Waals surface area (Å²) in [7, 11) is 0. The Kier molecular flexibility index (Phi) is 3.33. The lowest BCUT2D eigenvalue weighted by Crippen LogP contribution is -2.38. The van der Waals surface area contributed by atoms with Crippen LogP contribution < -0.4 is 5.43 Å². The molecule has 0 spiro atoms. The molecule has 118 valence electrons. The zero-order valence-electron chi connectivity index (χ0n) is 13.3. The van der Waals surface area contributed by atoms with E-state index in [0.717, 1.165) is 0 Å². The minimum Gasteiger partial charge on any atom is -0.290 e. The van der Waals surface area contributed by atoms with Gasteiger partial charge in [0.15, 0.2) is 11.2 Å². The fourth-order valence-electron chi connectivity index (χ4n) is 3.62. The van der Waals surface area contributed by atoms with Crippen molar-refractivity contribution in [1.29, 1.82) is 5.26 Å². The van der Waals surface area contributed by atoms with E-state index in [0.29, 0.717) is 27.8 Å². The third kappa shape index (κ3) is 1.98. The average molecular weight is 323 g/mol. The van der Waals surface area contributed by atoms with Gasteiger partial charge in [-0.05, 0) is 17.2 Å². The molecule has 25 heavy (non-hydrogen) atoms. The molecule has 0 N–H and O–H groups in total. The number of fused-ring (bicyclic) bond motifs is 2. The van der Waals surface area contributed by atoms with Crippen molar-refractivity contribution in [3.05, 3.63) is 117 Å². The van der Waals surface area contributed by atoms with Crippen LogP contribution in [0.5, 0.6) is 0 Å². The second kappa shape index (κ2) is 5.54. The van der Waals surface area contributed by atoms with Gasteiger partial charge in [-0.25, -0.2) is 0 Å². The Morgan fingerprint density at radius 2 is 1.12 bits per heavy atom. The Balaban J connectivity index is 2.23. The van der Waals surface area contributed by atoms with E-state index in [1.807, 2.05) is 0 Å². The first kappa shape index (κ1) is 15.0. The van der Waals surface area contributed by atoms with Gasteiger partial charge in [-0.3, -0.25) is 9.59 Å². The summed E-state index contributed by atoms with van der Waals surface area (Å²) in [5.74, 6) is -0.121. The molecule has 0 saturated heterocycles. The van der Waals surface area contributed by atoms with E-state index in [2.05, 4.69) is 6.07 Å². The van der Waals surface area contributed by atoms with Crippen molar-refractivity contribution in [2.24, 2.45) is 0 Å². The van der Waals surface area contributed by atoms with Crippen LogP contribution in [0.2, 0.25) is 0 Å². The summed E-state index contributed by atoms with van der Waals surface area (Å²) >= 11 is 0. The maximum atomic E-state index is 12.9. The molecule has 3 nitrogen and oxygen atoms in total. The molecule has 0 radical (unpaired) electrons. The number of carbonyl (C=O) groups is 1. The number of nitrogens with zero attached hydrogens (tertiary/aromatic N) is 1. The Labute approximate surface area is 144 Å². The quantitative estimate of drug-likeness (QED) is 0.689. The molecule has 1 aliphatic rings. The van der Waals surface area contributed by atoms with Gasteiger partial charge in [0.1, 0.15) is 5.41 Å². The standard InChI is InChI=1S/C22H13NO2/c23-14-22(19-12-2-1-3-13-20(19)24)17-10-6-4-8-15(17)21(25)16-9-5-7-11-18(16)22/h1-13H. The van der Waals surface area contributed by atoms with Crippen molar-refractivity contribution in [3.63, 3.8) is 0 Å². The molecular formula is C22H13NO2. The smallest absolute Gasteiger partial charge is 0.193 e. The summed E-state index contributed by atoms with van der Waals surface area (Å²) in [6.07, 6.45) is 0. The van der Waals surface area contributed by atoms with Gasteiger partial charge >= 0.3 is 0 Å². The van der Waals surface area contributed by atoms with Crippen LogP contribution >= 0.6 is 0 Å². The van der Waals surface area contributed by atoms with E-state index in [4.69, 9.17) is 0 Å². The fourth-order valence-corrected chi connectivity index (χ4v) is 3.62. The molecular weight excluding hydrogens is 310 g/mol. The van der Waals surface area contributed by atoms with Crippen molar-refractivity contribution >= 4 is 5.78 Å². The molecule has 0 unspecified atom stereocenters. The minimum absolute atomic E-state index is 0.121. The summed E-state index contributed by atoms with van der Waals surface area (Å²) in [4.78, 5) is 25.6. The normalized spacial score (nSPS) is 14.1. The molecule has 1 aliphatic carbocycles. The van der Waals surface area contributed by atoms with Crippen LogP contribution in [0.15, 0.2) is 83.7 Å². The van der Waals surface area contributed by atoms with Gasteiger partial charge in [0.25, 0.3) is 0 Å². The van der Waals surface area contributed by atoms with E-state index in [-0.39, 0.29) is 11.2 Å². The molecule has 0 atom stereocenters. The van der Waals surface area contributed by atoms with Gasteiger partial charge in [-0.2, -0.15) is 5.26 Å². The van der Waals surface area contributed by atoms with E-state index in [1.54, 1.807) is 72.8 Å². The van der Waals surface area contributed by atoms with E-state index in [1.165, 1.54) is 6.07 Å². The van der Waals surface area contributed by atoms with Crippen molar-refractivity contribution in [3.8, 4) is 6.07 Å². The van der Waals surface area contributed by atoms with Gasteiger partial charge < -0.3 is 0 Å². The summed E-state index contributed by atoms with van der Waals surface area (Å²) in [6, 6.07) is 24.7. The predicted molar refractivity (Wildman–Crippen MR) is 94.5 cm³/mol. The molecule has 0 fully saturated rings. The Morgan fingerprint density at radius 1 is 0.640 bits per heavy atom. The minimum atomic E-state index is -1.31. The van der Waals surface area contributed by atoms with E-state index in [9.17, 15) is 14.9 Å². The van der Waals surface area contributed by atoms with E-state index < -0.39 is 5.41 Å². The highest BCUT2D eigenvalue weighted by Crippen LogP contribution is 2.44. The monoisotopic (exact) mass is 323 g/mol. The van der Waals surface area contributed by atoms with Crippen LogP contribution in [0.1, 0.15) is 32.6 Å². The Morgan fingerprint density at radius 3 is 1.72 bits per heavy atom. The topological polar surface area (TPSA) is 57.9 Å². The highest BCUT2D eigenvalue weighted by Gasteiger charge is 2.46. The third-order valence-electron chi connectivity index (χ3n) is 4.72. The van der Waals surface area contributed by atoms with Crippen molar-refractivity contribution in [2.75, 3.05) is 0 Å². The molecule has 3 aromatic rings. The second-order valence-electron chi connectivity index (χ2n) is 5.97. The van der Waals surface area contributed by atoms with Crippen LogP contribution in [0.3, 0.4) is 0 Å². The number of hydrogen-bond acceptors (Lipinski definition) is 3. The van der Waals surface area contributed by atoms with Crippen LogP contribution in [0.25, 0.3) is 0 Å². The van der Waals surface area contributed by atoms with Crippen molar-refractivity contribution < 1.29 is 4.79 Å². The fraction of sp³-hybridized carbons (Fsp3) is 0.0455. The summed E-state index contributed by atoms with van der Waals surface area (Å²) in [5.41, 5.74) is 0.867. The maximum absolute atomic E-state index is 12.9. The first-order valence-electron chi connectivity index (χ1n) is 7.95. The number of hydrogen-bond donors (Lipinski definition) is 0.